The Balaban J connectivity index is 0.000000195. The summed E-state index contributed by atoms with van der Waals surface area (Å²) in [5, 5.41) is 0. The zero-order chi connectivity index (χ0) is 23.5. The second kappa shape index (κ2) is 12.2. The number of amides is 2. The number of hydrogen-bond acceptors (Lipinski definition) is 3. The molecule has 0 unspecified atom stereocenters. The zero-order valence-corrected chi connectivity index (χ0v) is 18.7. The Morgan fingerprint density at radius 1 is 0.719 bits per heavy atom. The summed E-state index contributed by atoms with van der Waals surface area (Å²) in [5.41, 5.74) is 14.1. The molecule has 0 bridgehead atoms. The fraction of sp³-hybridized carbons (Fsp3) is 0.269. The van der Waals surface area contributed by atoms with Gasteiger partial charge in [-0.2, -0.15) is 0 Å². The maximum Gasteiger partial charge on any atom is 0.255 e. The Hall–Kier alpha value is -3.67. The molecule has 0 atom stereocenters. The molecule has 4 rings (SSSR count). The van der Waals surface area contributed by atoms with Gasteiger partial charge in [0.1, 0.15) is 0 Å². The van der Waals surface area contributed by atoms with Crippen LogP contribution >= 0.6 is 0 Å². The average molecular weight is 434 g/mol. The van der Waals surface area contributed by atoms with Crippen LogP contribution in [0.4, 0.5) is 0 Å². The summed E-state index contributed by atoms with van der Waals surface area (Å²) in [4.78, 5) is 33.1. The lowest BCUT2D eigenvalue weighted by Gasteiger charge is -2.04. The molecule has 6 nitrogen and oxygen atoms in total. The van der Waals surface area contributed by atoms with Gasteiger partial charge in [0.05, 0.1) is 0 Å². The molecule has 1 aliphatic rings. The topological polar surface area (TPSA) is 108 Å². The van der Waals surface area contributed by atoms with Crippen molar-refractivity contribution in [1.82, 2.24) is 4.57 Å². The fourth-order valence-electron chi connectivity index (χ4n) is 3.21. The van der Waals surface area contributed by atoms with E-state index in [0.29, 0.717) is 16.8 Å². The Labute approximate surface area is 188 Å². The molecule has 1 heterocycles. The summed E-state index contributed by atoms with van der Waals surface area (Å²) in [7, 11) is 0. The molecule has 168 valence electrons. The van der Waals surface area contributed by atoms with Gasteiger partial charge in [-0.1, -0.05) is 44.2 Å². The summed E-state index contributed by atoms with van der Waals surface area (Å²) in [6, 6.07) is 16.9. The number of carbonyl (C=O) groups is 2. The van der Waals surface area contributed by atoms with E-state index >= 15 is 0 Å². The monoisotopic (exact) mass is 433 g/mol. The summed E-state index contributed by atoms with van der Waals surface area (Å²) >= 11 is 0. The number of carbonyl (C=O) groups excluding carboxylic acids is 2. The molecule has 1 aliphatic carbocycles. The molecule has 0 spiro atoms. The maximum atomic E-state index is 11.5. The van der Waals surface area contributed by atoms with Crippen LogP contribution in [-0.4, -0.2) is 16.4 Å². The molecule has 4 N–H and O–H groups in total. The van der Waals surface area contributed by atoms with Crippen LogP contribution < -0.4 is 17.0 Å². The van der Waals surface area contributed by atoms with Crippen LogP contribution in [0.25, 0.3) is 5.69 Å². The van der Waals surface area contributed by atoms with Crippen molar-refractivity contribution in [2.45, 2.75) is 46.0 Å². The quantitative estimate of drug-likeness (QED) is 0.643. The molecule has 0 saturated heterocycles. The molecule has 1 fully saturated rings. The standard InChI is InChI=1S/C12H10N2O2.C9H11NO.C5H10/c13-12(16)9-4-6-10(7-5-9)14-8-2-1-3-11(14)15;1-6-3-4-8(9(10)11)5-7(6)2;1-2-4-5-3-1/h1-8H,(H2,13,16);3-5H,1-2H3,(H2,10,11);1-5H2. The molecular weight excluding hydrogens is 402 g/mol. The Morgan fingerprint density at radius 2 is 1.25 bits per heavy atom. The highest BCUT2D eigenvalue weighted by Crippen LogP contribution is 2.15. The largest absolute Gasteiger partial charge is 0.366 e. The van der Waals surface area contributed by atoms with Crippen LogP contribution in [0, 0.1) is 13.8 Å². The van der Waals surface area contributed by atoms with Crippen molar-refractivity contribution < 1.29 is 9.59 Å². The number of benzene rings is 2. The third-order valence-electron chi connectivity index (χ3n) is 5.29. The van der Waals surface area contributed by atoms with Gasteiger partial charge in [0.25, 0.3) is 5.56 Å². The number of pyridine rings is 1. The maximum absolute atomic E-state index is 11.5. The molecule has 1 aromatic heterocycles. The highest BCUT2D eigenvalue weighted by atomic mass is 16.1. The number of hydrogen-bond donors (Lipinski definition) is 2. The van der Waals surface area contributed by atoms with E-state index in [4.69, 9.17) is 11.5 Å². The number of nitrogens with two attached hydrogens (primary N) is 2. The first kappa shape index (κ1) is 24.6. The molecule has 1 saturated carbocycles. The molecular formula is C26H31N3O3. The van der Waals surface area contributed by atoms with Crippen LogP contribution in [0.3, 0.4) is 0 Å². The Bertz CT molecular complexity index is 1090. The van der Waals surface area contributed by atoms with Crippen molar-refractivity contribution in [1.29, 1.82) is 0 Å². The number of primary amides is 2. The van der Waals surface area contributed by atoms with Gasteiger partial charge < -0.3 is 11.5 Å². The highest BCUT2D eigenvalue weighted by Gasteiger charge is 2.02. The minimum absolute atomic E-state index is 0.116. The van der Waals surface area contributed by atoms with E-state index in [1.54, 1.807) is 54.7 Å². The second-order valence-electron chi connectivity index (χ2n) is 7.75. The van der Waals surface area contributed by atoms with Gasteiger partial charge in [0, 0.05) is 29.1 Å². The van der Waals surface area contributed by atoms with Crippen molar-refractivity contribution >= 4 is 11.8 Å². The van der Waals surface area contributed by atoms with Crippen molar-refractivity contribution in [3.8, 4) is 5.69 Å². The van der Waals surface area contributed by atoms with Gasteiger partial charge in [-0.15, -0.1) is 0 Å². The Morgan fingerprint density at radius 3 is 1.72 bits per heavy atom. The van der Waals surface area contributed by atoms with Crippen LogP contribution in [-0.2, 0) is 0 Å². The fourth-order valence-corrected chi connectivity index (χ4v) is 3.21. The van der Waals surface area contributed by atoms with E-state index in [9.17, 15) is 14.4 Å². The summed E-state index contributed by atoms with van der Waals surface area (Å²) in [5.74, 6) is -0.847. The van der Waals surface area contributed by atoms with E-state index in [1.807, 2.05) is 19.9 Å². The van der Waals surface area contributed by atoms with Crippen molar-refractivity contribution in [2.24, 2.45) is 11.5 Å². The number of aromatic nitrogens is 1. The second-order valence-corrected chi connectivity index (χ2v) is 7.75. The minimum Gasteiger partial charge on any atom is -0.366 e. The van der Waals surface area contributed by atoms with E-state index in [1.165, 1.54) is 48.3 Å². The first-order chi connectivity index (χ1) is 15.3. The van der Waals surface area contributed by atoms with Gasteiger partial charge in [0.2, 0.25) is 11.8 Å². The average Bonchev–Trinajstić information content (AvgIpc) is 3.37. The summed E-state index contributed by atoms with van der Waals surface area (Å²) in [6.45, 7) is 3.96. The predicted octanol–water partition coefficient (Wildman–Crippen LogP) is 4.29. The lowest BCUT2D eigenvalue weighted by molar-refractivity contribution is 0.0992. The molecule has 0 aliphatic heterocycles. The molecule has 3 aromatic rings. The molecule has 32 heavy (non-hydrogen) atoms. The SMILES string of the molecule is C1CCCC1.Cc1ccc(C(N)=O)cc1C.NC(=O)c1ccc(-n2ccccc2=O)cc1. The first-order valence-corrected chi connectivity index (χ1v) is 10.7. The lowest BCUT2D eigenvalue weighted by atomic mass is 10.1. The van der Waals surface area contributed by atoms with Crippen molar-refractivity contribution in [3.63, 3.8) is 0 Å². The Kier molecular flexibility index (Phi) is 9.42. The van der Waals surface area contributed by atoms with Crippen molar-refractivity contribution in [2.75, 3.05) is 0 Å². The smallest absolute Gasteiger partial charge is 0.255 e. The van der Waals surface area contributed by atoms with Crippen LogP contribution in [0.15, 0.2) is 71.7 Å². The van der Waals surface area contributed by atoms with E-state index in [-0.39, 0.29) is 11.5 Å². The van der Waals surface area contributed by atoms with Gasteiger partial charge in [-0.25, -0.2) is 0 Å². The third kappa shape index (κ3) is 7.54. The first-order valence-electron chi connectivity index (χ1n) is 10.7. The third-order valence-corrected chi connectivity index (χ3v) is 5.29. The van der Waals surface area contributed by atoms with E-state index < -0.39 is 5.91 Å². The highest BCUT2D eigenvalue weighted by molar-refractivity contribution is 5.93. The summed E-state index contributed by atoms with van der Waals surface area (Å²) < 4.78 is 1.49. The van der Waals surface area contributed by atoms with Crippen LogP contribution in [0.2, 0.25) is 0 Å². The molecule has 2 amide bonds. The van der Waals surface area contributed by atoms with Gasteiger partial charge in [-0.05, 0) is 67.4 Å². The number of rotatable bonds is 3. The number of aryl methyl sites for hydroxylation is 2. The minimum atomic E-state index is -0.480. The molecule has 6 heteroatoms. The van der Waals surface area contributed by atoms with Crippen molar-refractivity contribution in [3.05, 3.63) is 99.5 Å². The normalized spacial score (nSPS) is 12.1. The van der Waals surface area contributed by atoms with Gasteiger partial charge in [-0.3, -0.25) is 19.0 Å². The molecule has 0 radical (unpaired) electrons. The lowest BCUT2D eigenvalue weighted by Crippen LogP contribution is -2.16. The van der Waals surface area contributed by atoms with Gasteiger partial charge >= 0.3 is 0 Å². The van der Waals surface area contributed by atoms with E-state index in [2.05, 4.69) is 0 Å². The van der Waals surface area contributed by atoms with Crippen LogP contribution in [0.1, 0.15) is 63.9 Å². The molecule has 2 aromatic carbocycles. The van der Waals surface area contributed by atoms with E-state index in [0.717, 1.165) is 5.56 Å². The zero-order valence-electron chi connectivity index (χ0n) is 18.7. The van der Waals surface area contributed by atoms with Gasteiger partial charge in [0.15, 0.2) is 0 Å². The summed E-state index contributed by atoms with van der Waals surface area (Å²) in [6.07, 6.45) is 9.17. The predicted molar refractivity (Wildman–Crippen MR) is 128 cm³/mol. The number of nitrogens with zero attached hydrogens (tertiary/aromatic N) is 1. The van der Waals surface area contributed by atoms with Crippen LogP contribution in [0.5, 0.6) is 0 Å².